The molecule has 3 rings (SSSR count). The Kier molecular flexibility index (Phi) is 5.16. The number of imidazole rings is 1. The summed E-state index contributed by atoms with van der Waals surface area (Å²) < 4.78 is 46.7. The van der Waals surface area contributed by atoms with Crippen molar-refractivity contribution in [2.75, 3.05) is 24.8 Å². The molecule has 2 unspecified atom stereocenters. The second kappa shape index (κ2) is 7.27. The maximum Gasteiger partial charge on any atom is 0.421 e. The van der Waals surface area contributed by atoms with Crippen LogP contribution in [-0.2, 0) is 18.0 Å². The van der Waals surface area contributed by atoms with Gasteiger partial charge in [0.25, 0.3) is 0 Å². The summed E-state index contributed by atoms with van der Waals surface area (Å²) in [6.07, 6.45) is 5.37. The third-order valence-electron chi connectivity index (χ3n) is 4.70. The lowest BCUT2D eigenvalue weighted by Crippen LogP contribution is -2.45. The van der Waals surface area contributed by atoms with Crippen LogP contribution < -0.4 is 10.6 Å². The fourth-order valence-corrected chi connectivity index (χ4v) is 3.00. The molecule has 2 atom stereocenters. The second-order valence-electron chi connectivity index (χ2n) is 6.56. The van der Waals surface area contributed by atoms with E-state index < -0.39 is 23.4 Å². The fraction of sp³-hybridized carbons (Fsp3) is 0.389. The summed E-state index contributed by atoms with van der Waals surface area (Å²) in [5.74, 6) is -0.234. The van der Waals surface area contributed by atoms with E-state index in [1.54, 1.807) is 19.6 Å². The van der Waals surface area contributed by atoms with Crippen molar-refractivity contribution in [3.05, 3.63) is 48.2 Å². The van der Waals surface area contributed by atoms with Crippen LogP contribution in [-0.4, -0.2) is 45.3 Å². The Morgan fingerprint density at radius 1 is 1.29 bits per heavy atom. The summed E-state index contributed by atoms with van der Waals surface area (Å²) >= 11 is 0. The highest BCUT2D eigenvalue weighted by Crippen LogP contribution is 2.35. The van der Waals surface area contributed by atoms with Crippen molar-refractivity contribution in [1.29, 1.82) is 0 Å². The van der Waals surface area contributed by atoms with Gasteiger partial charge in [-0.3, -0.25) is 0 Å². The van der Waals surface area contributed by atoms with E-state index in [4.69, 9.17) is 4.74 Å². The van der Waals surface area contributed by atoms with Crippen LogP contribution in [0.3, 0.4) is 0 Å². The highest BCUT2D eigenvalue weighted by Gasteiger charge is 2.37. The Morgan fingerprint density at radius 3 is 2.61 bits per heavy atom. The molecule has 10 heteroatoms. The standard InChI is InChI=1S/C18H21F3N6O/c1-17(28-4)7-11(13-9-23-10-27(13)3)5-6-14(17)25-16-24-8-12(18(19,20)21)15(22-2)26-16/h5-10,14H,1-4H3,(H2,22,24,25,26). The first-order valence-electron chi connectivity index (χ1n) is 8.49. The molecule has 0 radical (unpaired) electrons. The van der Waals surface area contributed by atoms with E-state index in [0.717, 1.165) is 17.5 Å². The van der Waals surface area contributed by atoms with Crippen LogP contribution in [0.5, 0.6) is 0 Å². The third-order valence-corrected chi connectivity index (χ3v) is 4.70. The van der Waals surface area contributed by atoms with Gasteiger partial charge in [-0.15, -0.1) is 0 Å². The van der Waals surface area contributed by atoms with Crippen LogP contribution >= 0.6 is 0 Å². The molecule has 0 spiro atoms. The number of nitrogens with zero attached hydrogens (tertiary/aromatic N) is 4. The molecule has 2 N–H and O–H groups in total. The van der Waals surface area contributed by atoms with Crippen molar-refractivity contribution < 1.29 is 17.9 Å². The van der Waals surface area contributed by atoms with Crippen molar-refractivity contribution in [2.45, 2.75) is 24.7 Å². The molecule has 0 aromatic carbocycles. The quantitative estimate of drug-likeness (QED) is 0.812. The van der Waals surface area contributed by atoms with Crippen molar-refractivity contribution in [3.8, 4) is 0 Å². The predicted octanol–water partition coefficient (Wildman–Crippen LogP) is 3.11. The van der Waals surface area contributed by atoms with Gasteiger partial charge in [0.1, 0.15) is 17.0 Å². The van der Waals surface area contributed by atoms with Crippen molar-refractivity contribution in [2.24, 2.45) is 7.05 Å². The number of nitrogens with one attached hydrogen (secondary N) is 2. The molecule has 2 aromatic rings. The number of methoxy groups -OCH3 is 1. The molecule has 7 nitrogen and oxygen atoms in total. The molecule has 150 valence electrons. The number of ether oxygens (including phenoxy) is 1. The van der Waals surface area contributed by atoms with Gasteiger partial charge in [0.05, 0.1) is 24.3 Å². The summed E-state index contributed by atoms with van der Waals surface area (Å²) in [6.45, 7) is 1.87. The van der Waals surface area contributed by atoms with Crippen molar-refractivity contribution >= 4 is 17.3 Å². The zero-order valence-electron chi connectivity index (χ0n) is 15.9. The Balaban J connectivity index is 1.88. The molecule has 0 aliphatic heterocycles. The molecule has 0 bridgehead atoms. The number of halogens is 3. The Morgan fingerprint density at radius 2 is 2.04 bits per heavy atom. The zero-order chi connectivity index (χ0) is 20.5. The Bertz CT molecular complexity index is 920. The number of alkyl halides is 3. The van der Waals surface area contributed by atoms with E-state index in [2.05, 4.69) is 25.6 Å². The van der Waals surface area contributed by atoms with Crippen LogP contribution in [0.4, 0.5) is 24.9 Å². The minimum Gasteiger partial charge on any atom is -0.372 e. The molecule has 2 aromatic heterocycles. The summed E-state index contributed by atoms with van der Waals surface area (Å²) in [5, 5.41) is 5.51. The highest BCUT2D eigenvalue weighted by atomic mass is 19.4. The predicted molar refractivity (Wildman–Crippen MR) is 99.7 cm³/mol. The van der Waals surface area contributed by atoms with E-state index in [-0.39, 0.29) is 11.8 Å². The number of hydrogen-bond donors (Lipinski definition) is 2. The van der Waals surface area contributed by atoms with Crippen LogP contribution in [0.15, 0.2) is 36.9 Å². The first-order chi connectivity index (χ1) is 13.2. The number of anilines is 2. The average molecular weight is 394 g/mol. The van der Waals surface area contributed by atoms with Gasteiger partial charge in [0.2, 0.25) is 5.95 Å². The molecule has 2 heterocycles. The van der Waals surface area contributed by atoms with E-state index in [0.29, 0.717) is 0 Å². The van der Waals surface area contributed by atoms with Gasteiger partial charge in [0.15, 0.2) is 0 Å². The molecule has 0 saturated heterocycles. The Labute approximate surface area is 160 Å². The van der Waals surface area contributed by atoms with Gasteiger partial charge in [-0.1, -0.05) is 12.2 Å². The summed E-state index contributed by atoms with van der Waals surface area (Å²) in [4.78, 5) is 11.9. The van der Waals surface area contributed by atoms with Gasteiger partial charge >= 0.3 is 6.18 Å². The lowest BCUT2D eigenvalue weighted by atomic mass is 9.87. The monoisotopic (exact) mass is 394 g/mol. The van der Waals surface area contributed by atoms with Gasteiger partial charge < -0.3 is 19.9 Å². The molecular weight excluding hydrogens is 373 g/mol. The van der Waals surface area contributed by atoms with Gasteiger partial charge in [0, 0.05) is 27.4 Å². The third kappa shape index (κ3) is 3.72. The van der Waals surface area contributed by atoms with Crippen LogP contribution in [0.25, 0.3) is 5.57 Å². The lowest BCUT2D eigenvalue weighted by Gasteiger charge is -2.35. The zero-order valence-corrected chi connectivity index (χ0v) is 15.9. The van der Waals surface area contributed by atoms with Crippen LogP contribution in [0.1, 0.15) is 18.2 Å². The summed E-state index contributed by atoms with van der Waals surface area (Å²) in [7, 11) is 4.84. The highest BCUT2D eigenvalue weighted by molar-refractivity contribution is 5.75. The molecule has 28 heavy (non-hydrogen) atoms. The Hall–Kier alpha value is -2.88. The van der Waals surface area contributed by atoms with E-state index in [1.165, 1.54) is 7.05 Å². The maximum atomic E-state index is 13.0. The van der Waals surface area contributed by atoms with Crippen molar-refractivity contribution in [1.82, 2.24) is 19.5 Å². The van der Waals surface area contributed by atoms with E-state index >= 15 is 0 Å². The SMILES string of the molecule is CNc1nc(NC2C=CC(c3cncn3C)=CC2(C)OC)ncc1C(F)(F)F. The average Bonchev–Trinajstić information content (AvgIpc) is 3.08. The minimum absolute atomic E-state index is 0.0626. The molecule has 1 aliphatic rings. The first kappa shape index (κ1) is 19.9. The largest absolute Gasteiger partial charge is 0.421 e. The van der Waals surface area contributed by atoms with Gasteiger partial charge in [-0.2, -0.15) is 18.2 Å². The van der Waals surface area contributed by atoms with Gasteiger partial charge in [-0.05, 0) is 18.6 Å². The smallest absolute Gasteiger partial charge is 0.372 e. The van der Waals surface area contributed by atoms with Crippen LogP contribution in [0.2, 0.25) is 0 Å². The van der Waals surface area contributed by atoms with Gasteiger partial charge in [-0.25, -0.2) is 9.97 Å². The second-order valence-corrected chi connectivity index (χ2v) is 6.56. The normalized spacial score (nSPS) is 22.1. The number of aromatic nitrogens is 4. The number of hydrogen-bond acceptors (Lipinski definition) is 6. The number of rotatable bonds is 5. The van der Waals surface area contributed by atoms with Crippen LogP contribution in [0, 0.1) is 0 Å². The molecular formula is C18H21F3N6O. The lowest BCUT2D eigenvalue weighted by molar-refractivity contribution is -0.137. The first-order valence-corrected chi connectivity index (χ1v) is 8.49. The van der Waals surface area contributed by atoms with E-state index in [1.807, 2.05) is 36.8 Å². The summed E-state index contributed by atoms with van der Waals surface area (Å²) in [6, 6.07) is -0.393. The maximum absolute atomic E-state index is 13.0. The molecule has 0 saturated carbocycles. The molecule has 1 aliphatic carbocycles. The number of allylic oxidation sites excluding steroid dienone is 2. The fourth-order valence-electron chi connectivity index (χ4n) is 3.00. The van der Waals surface area contributed by atoms with Crippen molar-refractivity contribution in [3.63, 3.8) is 0 Å². The molecule has 0 amide bonds. The number of aryl methyl sites for hydroxylation is 1. The topological polar surface area (TPSA) is 76.9 Å². The minimum atomic E-state index is -4.54. The summed E-state index contributed by atoms with van der Waals surface area (Å²) in [5.41, 5.74) is 0.140. The molecule has 0 fully saturated rings. The van der Waals surface area contributed by atoms with E-state index in [9.17, 15) is 13.2 Å².